The number of carboxylic acid groups (broad SMARTS) is 1. The van der Waals surface area contributed by atoms with Crippen LogP contribution in [0.4, 0.5) is 4.39 Å². The molecule has 0 saturated carbocycles. The molecular weight excluding hydrogens is 251 g/mol. The van der Waals surface area contributed by atoms with Crippen molar-refractivity contribution < 1.29 is 14.3 Å². The average molecular weight is 256 g/mol. The third-order valence-corrected chi connectivity index (χ3v) is 3.54. The number of hydrogen-bond donors (Lipinski definition) is 1. The van der Waals surface area contributed by atoms with Gasteiger partial charge in [0.2, 0.25) is 0 Å². The summed E-state index contributed by atoms with van der Waals surface area (Å²) in [6.07, 6.45) is 2.60. The molecule has 0 amide bonds. The minimum Gasteiger partial charge on any atom is -0.478 e. The first-order chi connectivity index (χ1) is 7.66. The maximum absolute atomic E-state index is 12.8. The molecule has 0 bridgehead atoms. The summed E-state index contributed by atoms with van der Waals surface area (Å²) in [7, 11) is 0. The zero-order chi connectivity index (χ0) is 11.5. The Labute approximate surface area is 98.2 Å². The predicted molar refractivity (Wildman–Crippen MR) is 57.4 cm³/mol. The monoisotopic (exact) mass is 256 g/mol. The normalized spacial score (nSPS) is 10.3. The molecular formula is C9H5FN2O2S2. The van der Waals surface area contributed by atoms with Crippen molar-refractivity contribution in [1.29, 1.82) is 0 Å². The Hall–Kier alpha value is -1.47. The molecule has 0 atom stereocenters. The molecule has 0 aromatic carbocycles. The highest BCUT2D eigenvalue weighted by Gasteiger charge is 2.14. The van der Waals surface area contributed by atoms with Crippen LogP contribution in [-0.4, -0.2) is 21.0 Å². The minimum absolute atomic E-state index is 0.153. The van der Waals surface area contributed by atoms with Crippen LogP contribution in [0.3, 0.4) is 0 Å². The summed E-state index contributed by atoms with van der Waals surface area (Å²) >= 11 is 2.47. The fourth-order valence-corrected chi connectivity index (χ4v) is 2.60. The topological polar surface area (TPSA) is 63.1 Å². The van der Waals surface area contributed by atoms with Crippen molar-refractivity contribution >= 4 is 29.1 Å². The molecule has 2 aromatic heterocycles. The number of halogens is 1. The number of pyridine rings is 1. The number of hydrogen-bond acceptors (Lipinski definition) is 5. The lowest BCUT2D eigenvalue weighted by molar-refractivity contribution is 0.0691. The summed E-state index contributed by atoms with van der Waals surface area (Å²) in [5, 5.41) is 10.9. The minimum atomic E-state index is -1.20. The number of carboxylic acids is 1. The van der Waals surface area contributed by atoms with Gasteiger partial charge in [0.25, 0.3) is 0 Å². The lowest BCUT2D eigenvalue weighted by atomic mass is 10.3. The molecule has 16 heavy (non-hydrogen) atoms. The van der Waals surface area contributed by atoms with Crippen molar-refractivity contribution in [1.82, 2.24) is 9.97 Å². The highest BCUT2D eigenvalue weighted by Crippen LogP contribution is 2.30. The second kappa shape index (κ2) is 4.58. The van der Waals surface area contributed by atoms with Crippen molar-refractivity contribution in [3.8, 4) is 0 Å². The standard InChI is InChI=1S/C9H5FN2O2S2/c10-5-3-6(8(13)14)7(12-4-5)16-9-11-1-2-15-9/h1-4H,(H,13,14). The third-order valence-electron chi connectivity index (χ3n) is 1.64. The molecule has 0 unspecified atom stereocenters. The van der Waals surface area contributed by atoms with E-state index < -0.39 is 11.8 Å². The van der Waals surface area contributed by atoms with Crippen LogP contribution in [-0.2, 0) is 0 Å². The first kappa shape index (κ1) is 11.0. The highest BCUT2D eigenvalue weighted by atomic mass is 32.2. The fourth-order valence-electron chi connectivity index (χ4n) is 1.00. The third kappa shape index (κ3) is 2.37. The molecule has 0 aliphatic heterocycles. The van der Waals surface area contributed by atoms with E-state index in [1.54, 1.807) is 11.6 Å². The Balaban J connectivity index is 2.36. The Kier molecular flexibility index (Phi) is 3.16. The molecule has 0 radical (unpaired) electrons. The van der Waals surface area contributed by atoms with Crippen molar-refractivity contribution in [3.63, 3.8) is 0 Å². The zero-order valence-electron chi connectivity index (χ0n) is 7.75. The summed E-state index contributed by atoms with van der Waals surface area (Å²) in [6.45, 7) is 0. The van der Waals surface area contributed by atoms with E-state index in [0.717, 1.165) is 24.0 Å². The SMILES string of the molecule is O=C(O)c1cc(F)cnc1Sc1nccs1. The van der Waals surface area contributed by atoms with Gasteiger partial charge in [-0.25, -0.2) is 19.2 Å². The number of thiazole rings is 1. The number of carbonyl (C=O) groups is 1. The molecule has 1 N–H and O–H groups in total. The van der Waals surface area contributed by atoms with Crippen LogP contribution in [0.1, 0.15) is 10.4 Å². The Morgan fingerprint density at radius 3 is 2.94 bits per heavy atom. The quantitative estimate of drug-likeness (QED) is 0.914. The predicted octanol–water partition coefficient (Wildman–Crippen LogP) is 2.53. The van der Waals surface area contributed by atoms with Gasteiger partial charge in [-0.15, -0.1) is 11.3 Å². The molecule has 0 spiro atoms. The van der Waals surface area contributed by atoms with E-state index in [9.17, 15) is 9.18 Å². The smallest absolute Gasteiger partial charge is 0.338 e. The fraction of sp³-hybridized carbons (Fsp3) is 0. The van der Waals surface area contributed by atoms with E-state index >= 15 is 0 Å². The number of aromatic carboxylic acids is 1. The van der Waals surface area contributed by atoms with Crippen LogP contribution < -0.4 is 0 Å². The number of rotatable bonds is 3. The Morgan fingerprint density at radius 1 is 1.50 bits per heavy atom. The molecule has 7 heteroatoms. The lowest BCUT2D eigenvalue weighted by Crippen LogP contribution is -2.01. The van der Waals surface area contributed by atoms with Crippen LogP contribution in [0.25, 0.3) is 0 Å². The first-order valence-corrected chi connectivity index (χ1v) is 5.82. The lowest BCUT2D eigenvalue weighted by Gasteiger charge is -2.01. The Morgan fingerprint density at radius 2 is 2.31 bits per heavy atom. The van der Waals surface area contributed by atoms with Crippen LogP contribution in [0.2, 0.25) is 0 Å². The van der Waals surface area contributed by atoms with Crippen LogP contribution in [0.15, 0.2) is 33.2 Å². The van der Waals surface area contributed by atoms with Crippen LogP contribution in [0.5, 0.6) is 0 Å². The van der Waals surface area contributed by atoms with Gasteiger partial charge in [-0.3, -0.25) is 0 Å². The second-order valence-corrected chi connectivity index (χ2v) is 4.84. The largest absolute Gasteiger partial charge is 0.478 e. The van der Waals surface area contributed by atoms with Crippen LogP contribution in [0, 0.1) is 5.82 Å². The number of nitrogens with zero attached hydrogens (tertiary/aromatic N) is 2. The Bertz CT molecular complexity index is 516. The molecule has 0 aliphatic carbocycles. The van der Waals surface area contributed by atoms with E-state index in [0.29, 0.717) is 4.34 Å². The van der Waals surface area contributed by atoms with Crippen LogP contribution >= 0.6 is 23.1 Å². The molecule has 0 fully saturated rings. The van der Waals surface area contributed by atoms with E-state index in [1.807, 2.05) is 0 Å². The van der Waals surface area contributed by atoms with Gasteiger partial charge in [0, 0.05) is 11.6 Å². The van der Waals surface area contributed by atoms with E-state index in [-0.39, 0.29) is 10.6 Å². The van der Waals surface area contributed by atoms with Gasteiger partial charge in [0.05, 0.1) is 11.8 Å². The highest BCUT2D eigenvalue weighted by molar-refractivity contribution is 8.01. The molecule has 0 aliphatic rings. The van der Waals surface area contributed by atoms with Crippen molar-refractivity contribution in [3.05, 3.63) is 35.2 Å². The van der Waals surface area contributed by atoms with Crippen molar-refractivity contribution in [2.75, 3.05) is 0 Å². The molecule has 2 aromatic rings. The second-order valence-electron chi connectivity index (χ2n) is 2.71. The molecule has 82 valence electrons. The van der Waals surface area contributed by atoms with E-state index in [1.165, 1.54) is 11.3 Å². The molecule has 2 heterocycles. The maximum atomic E-state index is 12.8. The summed E-state index contributed by atoms with van der Waals surface area (Å²) < 4.78 is 13.5. The van der Waals surface area contributed by atoms with Gasteiger partial charge < -0.3 is 5.11 Å². The number of aromatic nitrogens is 2. The molecule has 0 saturated heterocycles. The van der Waals surface area contributed by atoms with Gasteiger partial charge in [0.15, 0.2) is 4.34 Å². The zero-order valence-corrected chi connectivity index (χ0v) is 9.39. The van der Waals surface area contributed by atoms with E-state index in [4.69, 9.17) is 5.11 Å². The van der Waals surface area contributed by atoms with Crippen molar-refractivity contribution in [2.45, 2.75) is 9.37 Å². The van der Waals surface area contributed by atoms with Gasteiger partial charge in [-0.05, 0) is 17.8 Å². The summed E-state index contributed by atoms with van der Waals surface area (Å²) in [5.41, 5.74) is -0.153. The van der Waals surface area contributed by atoms with Gasteiger partial charge in [-0.2, -0.15) is 0 Å². The molecule has 4 nitrogen and oxygen atoms in total. The maximum Gasteiger partial charge on any atom is 0.338 e. The van der Waals surface area contributed by atoms with E-state index in [2.05, 4.69) is 9.97 Å². The average Bonchev–Trinajstić information content (AvgIpc) is 2.73. The van der Waals surface area contributed by atoms with Crippen molar-refractivity contribution in [2.24, 2.45) is 0 Å². The first-order valence-electron chi connectivity index (χ1n) is 4.13. The molecule has 2 rings (SSSR count). The summed E-state index contributed by atoms with van der Waals surface area (Å²) in [6, 6.07) is 0.950. The van der Waals surface area contributed by atoms with Gasteiger partial charge >= 0.3 is 5.97 Å². The van der Waals surface area contributed by atoms with Gasteiger partial charge in [0.1, 0.15) is 10.8 Å². The summed E-state index contributed by atoms with van der Waals surface area (Å²) in [5.74, 6) is -1.87. The van der Waals surface area contributed by atoms with Gasteiger partial charge in [-0.1, -0.05) is 0 Å². The summed E-state index contributed by atoms with van der Waals surface area (Å²) in [4.78, 5) is 18.6.